The largest absolute Gasteiger partial charge is 0.306 e. The molecule has 0 spiro atoms. The lowest BCUT2D eigenvalue weighted by atomic mass is 10.4. The van der Waals surface area contributed by atoms with Gasteiger partial charge in [-0.2, -0.15) is 0 Å². The van der Waals surface area contributed by atoms with Gasteiger partial charge in [0, 0.05) is 11.4 Å². The summed E-state index contributed by atoms with van der Waals surface area (Å²) in [6.45, 7) is 1.01. The highest BCUT2D eigenvalue weighted by Gasteiger charge is 1.85. The normalized spacial score (nSPS) is 11.5. The highest BCUT2D eigenvalue weighted by Crippen LogP contribution is 2.09. The van der Waals surface area contributed by atoms with Crippen molar-refractivity contribution < 1.29 is 0 Å². The Balaban J connectivity index is 2.37. The van der Waals surface area contributed by atoms with E-state index in [1.807, 2.05) is 0 Å². The smallest absolute Gasteiger partial charge is 0.0267 e. The Kier molecular flexibility index (Phi) is 3.33. The predicted molar refractivity (Wildman–Crippen MR) is 51.9 cm³/mol. The summed E-state index contributed by atoms with van der Waals surface area (Å²) in [6, 6.07) is 4.19. The molecule has 0 aliphatic rings. The standard InChI is InChI=1S/C9H13NS/c1-10(2)7-3-5-9-6-4-8-11-9/h3-6,8H,7H2,1-2H3. The Morgan fingerprint density at radius 1 is 1.55 bits per heavy atom. The van der Waals surface area contributed by atoms with Crippen LogP contribution in [-0.2, 0) is 0 Å². The predicted octanol–water partition coefficient (Wildman–Crippen LogP) is 2.32. The molecule has 0 amide bonds. The molecule has 1 aromatic rings. The Morgan fingerprint density at radius 3 is 2.91 bits per heavy atom. The lowest BCUT2D eigenvalue weighted by Crippen LogP contribution is -2.10. The molecule has 0 saturated heterocycles. The van der Waals surface area contributed by atoms with E-state index in [4.69, 9.17) is 0 Å². The van der Waals surface area contributed by atoms with E-state index in [1.54, 1.807) is 11.3 Å². The summed E-state index contributed by atoms with van der Waals surface area (Å²) in [4.78, 5) is 3.47. The zero-order valence-corrected chi connectivity index (χ0v) is 7.77. The lowest BCUT2D eigenvalue weighted by Gasteiger charge is -2.02. The summed E-state index contributed by atoms with van der Waals surface area (Å²) in [7, 11) is 4.14. The summed E-state index contributed by atoms with van der Waals surface area (Å²) >= 11 is 1.77. The van der Waals surface area contributed by atoms with Crippen molar-refractivity contribution in [1.29, 1.82) is 0 Å². The van der Waals surface area contributed by atoms with Crippen LogP contribution in [0.3, 0.4) is 0 Å². The molecule has 1 nitrogen and oxygen atoms in total. The topological polar surface area (TPSA) is 3.24 Å². The van der Waals surface area contributed by atoms with Crippen molar-refractivity contribution in [1.82, 2.24) is 4.90 Å². The molecule has 0 aliphatic heterocycles. The van der Waals surface area contributed by atoms with Gasteiger partial charge in [0.05, 0.1) is 0 Å². The third-order valence-corrected chi connectivity index (χ3v) is 2.13. The van der Waals surface area contributed by atoms with Gasteiger partial charge in [0.25, 0.3) is 0 Å². The van der Waals surface area contributed by atoms with Crippen LogP contribution in [0, 0.1) is 0 Å². The zero-order chi connectivity index (χ0) is 8.10. The Bertz CT molecular complexity index is 211. The Hall–Kier alpha value is -0.600. The molecular weight excluding hydrogens is 154 g/mol. The van der Waals surface area contributed by atoms with Crippen LogP contribution in [0.2, 0.25) is 0 Å². The first-order chi connectivity index (χ1) is 5.29. The average molecular weight is 167 g/mol. The summed E-state index contributed by atoms with van der Waals surface area (Å²) in [6.07, 6.45) is 4.33. The van der Waals surface area contributed by atoms with E-state index in [1.165, 1.54) is 4.88 Å². The van der Waals surface area contributed by atoms with Crippen LogP contribution in [0.5, 0.6) is 0 Å². The molecule has 1 aromatic heterocycles. The van der Waals surface area contributed by atoms with E-state index < -0.39 is 0 Å². The molecule has 11 heavy (non-hydrogen) atoms. The maximum Gasteiger partial charge on any atom is 0.0267 e. The highest BCUT2D eigenvalue weighted by molar-refractivity contribution is 7.10. The average Bonchev–Trinajstić information content (AvgIpc) is 2.39. The maximum atomic E-state index is 2.17. The van der Waals surface area contributed by atoms with Crippen LogP contribution in [0.15, 0.2) is 23.6 Å². The molecule has 0 aliphatic carbocycles. The van der Waals surface area contributed by atoms with Gasteiger partial charge >= 0.3 is 0 Å². The second kappa shape index (κ2) is 4.31. The monoisotopic (exact) mass is 167 g/mol. The minimum atomic E-state index is 1.01. The van der Waals surface area contributed by atoms with Gasteiger partial charge in [0.2, 0.25) is 0 Å². The molecule has 2 heteroatoms. The first-order valence-corrected chi connectivity index (χ1v) is 4.52. The third kappa shape index (κ3) is 3.35. The molecule has 0 saturated carbocycles. The van der Waals surface area contributed by atoms with E-state index in [9.17, 15) is 0 Å². The van der Waals surface area contributed by atoms with Crippen molar-refractivity contribution in [2.45, 2.75) is 0 Å². The number of hydrogen-bond acceptors (Lipinski definition) is 2. The van der Waals surface area contributed by atoms with Crippen molar-refractivity contribution in [3.63, 3.8) is 0 Å². The van der Waals surface area contributed by atoms with Crippen molar-refractivity contribution in [3.8, 4) is 0 Å². The lowest BCUT2D eigenvalue weighted by molar-refractivity contribution is 0.457. The first kappa shape index (κ1) is 8.50. The second-order valence-electron chi connectivity index (χ2n) is 2.68. The van der Waals surface area contributed by atoms with Crippen molar-refractivity contribution in [2.75, 3.05) is 20.6 Å². The van der Waals surface area contributed by atoms with E-state index >= 15 is 0 Å². The second-order valence-corrected chi connectivity index (χ2v) is 3.66. The van der Waals surface area contributed by atoms with Crippen LogP contribution in [-0.4, -0.2) is 25.5 Å². The number of hydrogen-bond donors (Lipinski definition) is 0. The van der Waals surface area contributed by atoms with E-state index in [2.05, 4.69) is 48.7 Å². The van der Waals surface area contributed by atoms with Gasteiger partial charge in [-0.25, -0.2) is 0 Å². The number of nitrogens with zero attached hydrogens (tertiary/aromatic N) is 1. The molecule has 1 rings (SSSR count). The molecular formula is C9H13NS. The van der Waals surface area contributed by atoms with Crippen LogP contribution in [0.25, 0.3) is 6.08 Å². The van der Waals surface area contributed by atoms with Crippen LogP contribution in [0.4, 0.5) is 0 Å². The first-order valence-electron chi connectivity index (χ1n) is 3.64. The van der Waals surface area contributed by atoms with Crippen molar-refractivity contribution >= 4 is 17.4 Å². The quantitative estimate of drug-likeness (QED) is 0.668. The van der Waals surface area contributed by atoms with Gasteiger partial charge in [0.15, 0.2) is 0 Å². The Morgan fingerprint density at radius 2 is 2.36 bits per heavy atom. The molecule has 0 radical (unpaired) electrons. The van der Waals surface area contributed by atoms with Gasteiger partial charge < -0.3 is 4.90 Å². The van der Waals surface area contributed by atoms with Crippen LogP contribution in [0.1, 0.15) is 4.88 Å². The molecule has 60 valence electrons. The molecule has 0 bridgehead atoms. The molecule has 0 aromatic carbocycles. The van der Waals surface area contributed by atoms with Gasteiger partial charge in [-0.15, -0.1) is 11.3 Å². The molecule has 0 atom stereocenters. The van der Waals surface area contributed by atoms with Crippen molar-refractivity contribution in [3.05, 3.63) is 28.5 Å². The number of likely N-dealkylation sites (N-methyl/N-ethyl adjacent to an activating group) is 1. The van der Waals surface area contributed by atoms with Crippen molar-refractivity contribution in [2.24, 2.45) is 0 Å². The third-order valence-electron chi connectivity index (χ3n) is 1.30. The molecule has 0 fully saturated rings. The minimum Gasteiger partial charge on any atom is -0.306 e. The maximum absolute atomic E-state index is 2.17. The Labute approximate surface area is 72.0 Å². The summed E-state index contributed by atoms with van der Waals surface area (Å²) in [5, 5.41) is 2.09. The molecule has 0 N–H and O–H groups in total. The van der Waals surface area contributed by atoms with Gasteiger partial charge in [0.1, 0.15) is 0 Å². The minimum absolute atomic E-state index is 1.01. The number of thiophene rings is 1. The van der Waals surface area contributed by atoms with Gasteiger partial charge in [-0.3, -0.25) is 0 Å². The summed E-state index contributed by atoms with van der Waals surface area (Å²) in [5.41, 5.74) is 0. The van der Waals surface area contributed by atoms with Crippen LogP contribution < -0.4 is 0 Å². The molecule has 1 heterocycles. The fraction of sp³-hybridized carbons (Fsp3) is 0.333. The van der Waals surface area contributed by atoms with Gasteiger partial charge in [-0.05, 0) is 31.6 Å². The van der Waals surface area contributed by atoms with E-state index in [-0.39, 0.29) is 0 Å². The SMILES string of the molecule is CN(C)CC=Cc1cccs1. The van der Waals surface area contributed by atoms with Gasteiger partial charge in [-0.1, -0.05) is 12.1 Å². The zero-order valence-electron chi connectivity index (χ0n) is 6.95. The fourth-order valence-electron chi connectivity index (χ4n) is 0.766. The van der Waals surface area contributed by atoms with E-state index in [0.717, 1.165) is 6.54 Å². The molecule has 0 unspecified atom stereocenters. The highest BCUT2D eigenvalue weighted by atomic mass is 32.1. The van der Waals surface area contributed by atoms with E-state index in [0.29, 0.717) is 0 Å². The number of rotatable bonds is 3. The van der Waals surface area contributed by atoms with Crippen LogP contribution >= 0.6 is 11.3 Å². The summed E-state index contributed by atoms with van der Waals surface area (Å²) in [5.74, 6) is 0. The summed E-state index contributed by atoms with van der Waals surface area (Å²) < 4.78 is 0. The fourth-order valence-corrected chi connectivity index (χ4v) is 1.41.